The number of carbonyl (C=O) groups excluding carboxylic acids is 3. The Morgan fingerprint density at radius 1 is 0.743 bits per heavy atom. The van der Waals surface area contributed by atoms with Gasteiger partial charge in [-0.05, 0) is 32.1 Å². The summed E-state index contributed by atoms with van der Waals surface area (Å²) < 4.78 is 0. The molecule has 0 radical (unpaired) electrons. The fourth-order valence-electron chi connectivity index (χ4n) is 2.98. The number of carboxylic acid groups (broad SMARTS) is 2. The minimum Gasteiger partial charge on any atom is -0.480 e. The number of carboxylic acids is 1. The summed E-state index contributed by atoms with van der Waals surface area (Å²) in [7, 11) is 0. The van der Waals surface area contributed by atoms with Crippen molar-refractivity contribution in [3.8, 4) is 0 Å². The van der Waals surface area contributed by atoms with Crippen LogP contribution >= 0.6 is 0 Å². The van der Waals surface area contributed by atoms with E-state index in [9.17, 15) is 39.3 Å². The molecular weight excluding hydrogens is 470 g/mol. The van der Waals surface area contributed by atoms with Crippen LogP contribution in [0.2, 0.25) is 0 Å². The molecule has 0 spiro atoms. The van der Waals surface area contributed by atoms with E-state index in [2.05, 4.69) is 22.0 Å². The van der Waals surface area contributed by atoms with Crippen LogP contribution in [0.15, 0.2) is 11.8 Å². The number of amides is 4. The first-order valence-corrected chi connectivity index (χ1v) is 11.0. The van der Waals surface area contributed by atoms with Crippen LogP contribution in [0, 0.1) is 0 Å². The third kappa shape index (κ3) is 10.6. The zero-order valence-electron chi connectivity index (χ0n) is 19.0. The zero-order valence-corrected chi connectivity index (χ0v) is 19.0. The van der Waals surface area contributed by atoms with E-state index in [-0.39, 0.29) is 6.42 Å². The molecule has 1 aliphatic carbocycles. The molecule has 1 rings (SSSR count). The van der Waals surface area contributed by atoms with Crippen LogP contribution in [0.4, 0.5) is 4.79 Å². The molecule has 0 aromatic heterocycles. The van der Waals surface area contributed by atoms with Gasteiger partial charge in [0.1, 0.15) is 24.2 Å². The maximum atomic E-state index is 12.4. The van der Waals surface area contributed by atoms with E-state index in [4.69, 9.17) is 10.2 Å². The summed E-state index contributed by atoms with van der Waals surface area (Å²) in [4.78, 5) is 58.9. The Balaban J connectivity index is 2.59. The molecule has 0 unspecified atom stereocenters. The van der Waals surface area contributed by atoms with Crippen molar-refractivity contribution in [2.24, 2.45) is 0 Å². The molecule has 1 aliphatic rings. The number of hydrogen-bond acceptors (Lipinski definition) is 9. The van der Waals surface area contributed by atoms with Crippen molar-refractivity contribution >= 4 is 29.8 Å². The molecule has 0 aliphatic heterocycles. The molecule has 4 atom stereocenters. The molecule has 15 nitrogen and oxygen atoms in total. The number of aliphatic carboxylic acids is 1. The third-order valence-electron chi connectivity index (χ3n) is 5.12. The summed E-state index contributed by atoms with van der Waals surface area (Å²) in [5.74, 6) is -4.51. The molecule has 198 valence electrons. The number of aliphatic hydroxyl groups is 3. The van der Waals surface area contributed by atoms with Crippen molar-refractivity contribution in [1.29, 1.82) is 0 Å². The highest BCUT2D eigenvalue weighted by molar-refractivity contribution is 5.94. The first-order chi connectivity index (χ1) is 16.6. The predicted molar refractivity (Wildman–Crippen MR) is 119 cm³/mol. The molecule has 0 heterocycles. The van der Waals surface area contributed by atoms with Crippen molar-refractivity contribution < 1.29 is 49.5 Å². The molecule has 15 heteroatoms. The molecule has 35 heavy (non-hydrogen) atoms. The number of nitrogens with one attached hydrogen (secondary N) is 5. The number of allylic oxidation sites excluding steroid dienone is 2. The Morgan fingerprint density at radius 2 is 1.20 bits per heavy atom. The largest absolute Gasteiger partial charge is 0.480 e. The molecule has 0 fully saturated rings. The number of aliphatic hydroxyl groups excluding tert-OH is 3. The van der Waals surface area contributed by atoms with Crippen LogP contribution in [0.25, 0.3) is 0 Å². The van der Waals surface area contributed by atoms with E-state index in [0.717, 1.165) is 18.5 Å². The lowest BCUT2D eigenvalue weighted by Crippen LogP contribution is -2.59. The van der Waals surface area contributed by atoms with Crippen LogP contribution < -0.4 is 26.6 Å². The average molecular weight is 504 g/mol. The predicted octanol–water partition coefficient (Wildman–Crippen LogP) is -3.42. The highest BCUT2D eigenvalue weighted by Gasteiger charge is 2.30. The fourth-order valence-corrected chi connectivity index (χ4v) is 2.98. The third-order valence-corrected chi connectivity index (χ3v) is 5.12. The zero-order chi connectivity index (χ0) is 26.4. The Hall–Kier alpha value is -3.43. The molecule has 4 amide bonds. The van der Waals surface area contributed by atoms with Gasteiger partial charge in [0.25, 0.3) is 0 Å². The van der Waals surface area contributed by atoms with Crippen molar-refractivity contribution in [2.75, 3.05) is 26.4 Å². The van der Waals surface area contributed by atoms with Gasteiger partial charge < -0.3 is 52.1 Å². The molecule has 0 bridgehead atoms. The molecule has 10 N–H and O–H groups in total. The van der Waals surface area contributed by atoms with Crippen LogP contribution in [-0.4, -0.2) is 106 Å². The smallest absolute Gasteiger partial charge is 0.405 e. The summed E-state index contributed by atoms with van der Waals surface area (Å²) in [6, 6.07) is -6.13. The number of carbonyl (C=O) groups is 5. The van der Waals surface area contributed by atoms with E-state index >= 15 is 0 Å². The quantitative estimate of drug-likeness (QED) is 0.0875. The summed E-state index contributed by atoms with van der Waals surface area (Å²) in [5, 5.41) is 57.3. The lowest BCUT2D eigenvalue weighted by atomic mass is 10.1. The average Bonchev–Trinajstić information content (AvgIpc) is 2.78. The summed E-state index contributed by atoms with van der Waals surface area (Å²) in [5.41, 5.74) is 1.15. The van der Waals surface area contributed by atoms with E-state index in [1.54, 1.807) is 5.32 Å². The van der Waals surface area contributed by atoms with Gasteiger partial charge in [0.15, 0.2) is 0 Å². The SMILES string of the molecule is O=C(O)N[C@@H](CO)C(=O)N[C@@H](CO)C(=O)N[C@@H](CO)C(=O)N[C@@H](CCCCNC1=CCC1)C(=O)O. The normalized spacial score (nSPS) is 15.8. The second-order valence-corrected chi connectivity index (χ2v) is 7.76. The lowest BCUT2D eigenvalue weighted by molar-refractivity contribution is -0.143. The highest BCUT2D eigenvalue weighted by atomic mass is 16.4. The minimum absolute atomic E-state index is 0.113. The van der Waals surface area contributed by atoms with Gasteiger partial charge in [0.2, 0.25) is 17.7 Å². The summed E-state index contributed by atoms with van der Waals surface area (Å²) in [6.45, 7) is -2.13. The maximum absolute atomic E-state index is 12.4. The highest BCUT2D eigenvalue weighted by Crippen LogP contribution is 2.14. The number of rotatable bonds is 17. The van der Waals surface area contributed by atoms with Crippen molar-refractivity contribution in [2.45, 2.75) is 56.3 Å². The Morgan fingerprint density at radius 3 is 1.57 bits per heavy atom. The first-order valence-electron chi connectivity index (χ1n) is 11.0. The summed E-state index contributed by atoms with van der Waals surface area (Å²) >= 11 is 0. The van der Waals surface area contributed by atoms with Gasteiger partial charge >= 0.3 is 12.1 Å². The van der Waals surface area contributed by atoms with E-state index in [1.807, 2.05) is 5.32 Å². The minimum atomic E-state index is -1.65. The van der Waals surface area contributed by atoms with Gasteiger partial charge in [-0.25, -0.2) is 9.59 Å². The molecule has 0 aromatic carbocycles. The van der Waals surface area contributed by atoms with Gasteiger partial charge in [-0.15, -0.1) is 0 Å². The van der Waals surface area contributed by atoms with Gasteiger partial charge in [-0.3, -0.25) is 14.4 Å². The van der Waals surface area contributed by atoms with E-state index in [0.29, 0.717) is 19.4 Å². The first kappa shape index (κ1) is 29.6. The molecular formula is C20H33N5O10. The number of unbranched alkanes of at least 4 members (excludes halogenated alkanes) is 1. The standard InChI is InChI=1S/C20H33N5O10/c26-8-13(23-17(30)14(9-27)24-18(31)15(10-28)25-20(34)35)16(29)22-12(19(32)33)6-1-2-7-21-11-4-3-5-11/h4,12-15,21,25-28H,1-3,5-10H2,(H,22,29)(H,23,30)(H,24,31)(H,32,33)(H,34,35)/t12-,13-,14-,15-/m0/s1. The molecule has 0 aromatic rings. The Labute approximate surface area is 201 Å². The van der Waals surface area contributed by atoms with Gasteiger partial charge in [-0.2, -0.15) is 0 Å². The van der Waals surface area contributed by atoms with Gasteiger partial charge in [0.05, 0.1) is 19.8 Å². The van der Waals surface area contributed by atoms with Crippen LogP contribution in [0.3, 0.4) is 0 Å². The van der Waals surface area contributed by atoms with Crippen LogP contribution in [-0.2, 0) is 19.2 Å². The van der Waals surface area contributed by atoms with Gasteiger partial charge in [-0.1, -0.05) is 6.08 Å². The Kier molecular flexibility index (Phi) is 13.1. The van der Waals surface area contributed by atoms with Crippen molar-refractivity contribution in [3.05, 3.63) is 11.8 Å². The second-order valence-electron chi connectivity index (χ2n) is 7.76. The topological polar surface area (TPSA) is 247 Å². The molecule has 0 saturated heterocycles. The van der Waals surface area contributed by atoms with Crippen LogP contribution in [0.5, 0.6) is 0 Å². The Bertz CT molecular complexity index is 790. The maximum Gasteiger partial charge on any atom is 0.405 e. The summed E-state index contributed by atoms with van der Waals surface area (Å²) in [6.07, 6.45) is 3.75. The van der Waals surface area contributed by atoms with Gasteiger partial charge in [0, 0.05) is 12.2 Å². The monoisotopic (exact) mass is 503 g/mol. The lowest BCUT2D eigenvalue weighted by Gasteiger charge is -2.23. The van der Waals surface area contributed by atoms with Crippen LogP contribution in [0.1, 0.15) is 32.1 Å². The molecule has 0 saturated carbocycles. The van der Waals surface area contributed by atoms with Crippen molar-refractivity contribution in [3.63, 3.8) is 0 Å². The van der Waals surface area contributed by atoms with Crippen molar-refractivity contribution in [1.82, 2.24) is 26.6 Å². The fraction of sp³-hybridized carbons (Fsp3) is 0.650. The second kappa shape index (κ2) is 15.5. The van der Waals surface area contributed by atoms with E-state index in [1.165, 1.54) is 0 Å². The number of hydrogen-bond donors (Lipinski definition) is 10. The van der Waals surface area contributed by atoms with E-state index < -0.39 is 73.8 Å².